The molecule has 1 aromatic heterocycles. The lowest BCUT2D eigenvalue weighted by atomic mass is 9.95. The van der Waals surface area contributed by atoms with Crippen LogP contribution >= 0.6 is 11.3 Å². The molecule has 1 atom stereocenters. The summed E-state index contributed by atoms with van der Waals surface area (Å²) in [5.74, 6) is 0.683. The molecule has 1 unspecified atom stereocenters. The molecule has 106 valence electrons. The number of hydrogen-bond acceptors (Lipinski definition) is 5. The molecule has 0 bridgehead atoms. The van der Waals surface area contributed by atoms with Gasteiger partial charge in [-0.3, -0.25) is 0 Å². The first-order valence-corrected chi connectivity index (χ1v) is 7.96. The predicted octanol–water partition coefficient (Wildman–Crippen LogP) is 2.48. The van der Waals surface area contributed by atoms with Crippen LogP contribution in [0, 0.1) is 0 Å². The normalized spacial score (nSPS) is 27.8. The molecule has 1 aromatic rings. The Morgan fingerprint density at radius 3 is 2.95 bits per heavy atom. The summed E-state index contributed by atoms with van der Waals surface area (Å²) in [6.45, 7) is 4.84. The van der Waals surface area contributed by atoms with E-state index in [0.29, 0.717) is 12.5 Å². The minimum absolute atomic E-state index is 0.0352. The summed E-state index contributed by atoms with van der Waals surface area (Å²) in [5.41, 5.74) is 7.10. The SMILES string of the molecule is COC1(C)CCCN(c2nc(C3CC3)c(CN)s2)C1. The maximum Gasteiger partial charge on any atom is 0.185 e. The third-order valence-corrected chi connectivity index (χ3v) is 5.44. The van der Waals surface area contributed by atoms with Gasteiger partial charge in [-0.1, -0.05) is 0 Å². The van der Waals surface area contributed by atoms with E-state index in [9.17, 15) is 0 Å². The first-order chi connectivity index (χ1) is 9.15. The molecule has 4 nitrogen and oxygen atoms in total. The van der Waals surface area contributed by atoms with Gasteiger partial charge in [0.25, 0.3) is 0 Å². The number of nitrogens with two attached hydrogens (primary N) is 1. The molecule has 1 aliphatic heterocycles. The predicted molar refractivity (Wildman–Crippen MR) is 78.8 cm³/mol. The number of rotatable bonds is 4. The van der Waals surface area contributed by atoms with Gasteiger partial charge < -0.3 is 15.4 Å². The fourth-order valence-corrected chi connectivity index (χ4v) is 3.89. The molecule has 19 heavy (non-hydrogen) atoms. The van der Waals surface area contributed by atoms with Gasteiger partial charge in [-0.25, -0.2) is 4.98 Å². The summed E-state index contributed by atoms with van der Waals surface area (Å²) in [5, 5.41) is 1.14. The van der Waals surface area contributed by atoms with Crippen molar-refractivity contribution in [2.24, 2.45) is 5.73 Å². The lowest BCUT2D eigenvalue weighted by molar-refractivity contribution is -0.00466. The minimum Gasteiger partial charge on any atom is -0.377 e. The maximum absolute atomic E-state index is 5.87. The summed E-state index contributed by atoms with van der Waals surface area (Å²) in [6.07, 6.45) is 4.86. The first-order valence-electron chi connectivity index (χ1n) is 7.15. The van der Waals surface area contributed by atoms with Crippen molar-refractivity contribution >= 4 is 16.5 Å². The lowest BCUT2D eigenvalue weighted by Crippen LogP contribution is -2.47. The van der Waals surface area contributed by atoms with E-state index in [-0.39, 0.29) is 5.60 Å². The number of methoxy groups -OCH3 is 1. The molecule has 0 spiro atoms. The zero-order chi connectivity index (χ0) is 13.5. The summed E-state index contributed by atoms with van der Waals surface area (Å²) in [6, 6.07) is 0. The van der Waals surface area contributed by atoms with E-state index in [0.717, 1.165) is 24.6 Å². The Hall–Kier alpha value is -0.650. The van der Waals surface area contributed by atoms with Gasteiger partial charge in [-0.15, -0.1) is 11.3 Å². The molecule has 0 amide bonds. The minimum atomic E-state index is -0.0352. The van der Waals surface area contributed by atoms with Gasteiger partial charge in [0.1, 0.15) is 0 Å². The molecule has 0 radical (unpaired) electrons. The molecular formula is C14H23N3OS. The number of anilines is 1. The Labute approximate surface area is 119 Å². The molecule has 1 saturated carbocycles. The molecule has 2 heterocycles. The number of nitrogens with zero attached hydrogens (tertiary/aromatic N) is 2. The number of ether oxygens (including phenoxy) is 1. The quantitative estimate of drug-likeness (QED) is 0.921. The summed E-state index contributed by atoms with van der Waals surface area (Å²) in [4.78, 5) is 8.53. The summed E-state index contributed by atoms with van der Waals surface area (Å²) < 4.78 is 5.66. The third kappa shape index (κ3) is 2.64. The van der Waals surface area contributed by atoms with Gasteiger partial charge >= 0.3 is 0 Å². The van der Waals surface area contributed by atoms with E-state index in [1.165, 1.54) is 29.8 Å². The van der Waals surface area contributed by atoms with Crippen LogP contribution in [0.25, 0.3) is 0 Å². The van der Waals surface area contributed by atoms with Gasteiger partial charge in [-0.2, -0.15) is 0 Å². The van der Waals surface area contributed by atoms with Gasteiger partial charge in [0.15, 0.2) is 5.13 Å². The lowest BCUT2D eigenvalue weighted by Gasteiger charge is -2.39. The molecule has 0 aromatic carbocycles. The molecular weight excluding hydrogens is 258 g/mol. The van der Waals surface area contributed by atoms with E-state index >= 15 is 0 Å². The van der Waals surface area contributed by atoms with E-state index in [1.54, 1.807) is 11.3 Å². The van der Waals surface area contributed by atoms with Crippen molar-refractivity contribution in [3.63, 3.8) is 0 Å². The van der Waals surface area contributed by atoms with Gasteiger partial charge in [-0.05, 0) is 32.6 Å². The van der Waals surface area contributed by atoms with Crippen LogP contribution in [0.3, 0.4) is 0 Å². The Balaban J connectivity index is 1.81. The van der Waals surface area contributed by atoms with Crippen molar-refractivity contribution in [1.82, 2.24) is 4.98 Å². The Bertz CT molecular complexity index is 458. The van der Waals surface area contributed by atoms with Crippen LogP contribution in [-0.4, -0.2) is 30.8 Å². The third-order valence-electron chi connectivity index (χ3n) is 4.29. The zero-order valence-electron chi connectivity index (χ0n) is 11.8. The fourth-order valence-electron chi connectivity index (χ4n) is 2.84. The topological polar surface area (TPSA) is 51.4 Å². The van der Waals surface area contributed by atoms with Crippen LogP contribution in [0.1, 0.15) is 49.1 Å². The van der Waals surface area contributed by atoms with Crippen LogP contribution in [0.2, 0.25) is 0 Å². The standard InChI is InChI=1S/C14H23N3OS/c1-14(18-2)6-3-7-17(9-14)13-16-12(10-4-5-10)11(8-15)19-13/h10H,3-9,15H2,1-2H3. The van der Waals surface area contributed by atoms with E-state index in [2.05, 4.69) is 11.8 Å². The monoisotopic (exact) mass is 281 g/mol. The van der Waals surface area contributed by atoms with Crippen molar-refractivity contribution in [3.05, 3.63) is 10.6 Å². The molecule has 3 rings (SSSR count). The van der Waals surface area contributed by atoms with Gasteiger partial charge in [0, 0.05) is 37.5 Å². The highest BCUT2D eigenvalue weighted by Gasteiger charge is 2.34. The molecule has 2 aliphatic rings. The molecule has 1 saturated heterocycles. The number of thiazole rings is 1. The zero-order valence-corrected chi connectivity index (χ0v) is 12.6. The average molecular weight is 281 g/mol. The van der Waals surface area contributed by atoms with Crippen LogP contribution in [0.15, 0.2) is 0 Å². The van der Waals surface area contributed by atoms with E-state index in [1.807, 2.05) is 7.11 Å². The van der Waals surface area contributed by atoms with Crippen LogP contribution in [0.5, 0.6) is 0 Å². The number of aromatic nitrogens is 1. The van der Waals surface area contributed by atoms with Crippen LogP contribution in [-0.2, 0) is 11.3 Å². The largest absolute Gasteiger partial charge is 0.377 e. The second-order valence-electron chi connectivity index (χ2n) is 5.96. The molecule has 2 N–H and O–H groups in total. The molecule has 2 fully saturated rings. The fraction of sp³-hybridized carbons (Fsp3) is 0.786. The first kappa shape index (κ1) is 13.3. The Morgan fingerprint density at radius 2 is 2.32 bits per heavy atom. The second-order valence-corrected chi connectivity index (χ2v) is 7.02. The highest BCUT2D eigenvalue weighted by Crippen LogP contribution is 2.44. The summed E-state index contributed by atoms with van der Waals surface area (Å²) >= 11 is 1.78. The number of piperidine rings is 1. The number of hydrogen-bond donors (Lipinski definition) is 1. The maximum atomic E-state index is 5.87. The highest BCUT2D eigenvalue weighted by atomic mass is 32.1. The summed E-state index contributed by atoms with van der Waals surface area (Å²) in [7, 11) is 1.81. The van der Waals surface area contributed by atoms with Crippen LogP contribution in [0.4, 0.5) is 5.13 Å². The average Bonchev–Trinajstić information content (AvgIpc) is 3.18. The van der Waals surface area contributed by atoms with Gasteiger partial charge in [0.2, 0.25) is 0 Å². The van der Waals surface area contributed by atoms with Crippen molar-refractivity contribution in [2.45, 2.75) is 50.7 Å². The van der Waals surface area contributed by atoms with E-state index < -0.39 is 0 Å². The second kappa shape index (κ2) is 5.04. The van der Waals surface area contributed by atoms with Crippen molar-refractivity contribution < 1.29 is 4.74 Å². The van der Waals surface area contributed by atoms with Crippen molar-refractivity contribution in [3.8, 4) is 0 Å². The smallest absolute Gasteiger partial charge is 0.185 e. The molecule has 5 heteroatoms. The van der Waals surface area contributed by atoms with E-state index in [4.69, 9.17) is 15.5 Å². The van der Waals surface area contributed by atoms with Gasteiger partial charge in [0.05, 0.1) is 11.3 Å². The van der Waals surface area contributed by atoms with Crippen LogP contribution < -0.4 is 10.6 Å². The van der Waals surface area contributed by atoms with Crippen molar-refractivity contribution in [1.29, 1.82) is 0 Å². The highest BCUT2D eigenvalue weighted by molar-refractivity contribution is 7.15. The van der Waals surface area contributed by atoms with Crippen molar-refractivity contribution in [2.75, 3.05) is 25.1 Å². The molecule has 1 aliphatic carbocycles. The Morgan fingerprint density at radius 1 is 1.53 bits per heavy atom. The Kier molecular flexibility index (Phi) is 3.53.